The van der Waals surface area contributed by atoms with E-state index in [0.717, 1.165) is 0 Å². The fraction of sp³-hybridized carbons (Fsp3) is 0.333. The van der Waals surface area contributed by atoms with Gasteiger partial charge in [0.15, 0.2) is 0 Å². The summed E-state index contributed by atoms with van der Waals surface area (Å²) in [5, 5.41) is 2.18. The first-order valence-electron chi connectivity index (χ1n) is 2.64. The normalized spacial score (nSPS) is 11.2. The number of carbonyl (C=O) groups excluding carboxylic acids is 2. The smallest absolute Gasteiger partial charge is 0.296 e. The van der Waals surface area contributed by atoms with Crippen molar-refractivity contribution in [2.45, 2.75) is 13.0 Å². The number of nitrogens with one attached hydrogen (secondary N) is 1. The Morgan fingerprint density at radius 1 is 1.70 bits per heavy atom. The van der Waals surface area contributed by atoms with Crippen LogP contribution in [0.5, 0.6) is 0 Å². The molecule has 2 amide bonds. The van der Waals surface area contributed by atoms with Crippen molar-refractivity contribution in [2.24, 2.45) is 5.73 Å². The van der Waals surface area contributed by atoms with E-state index >= 15 is 0 Å². The maximum absolute atomic E-state index is 10.4. The van der Waals surface area contributed by atoms with E-state index in [9.17, 15) is 9.59 Å². The molecule has 0 aromatic rings. The summed E-state index contributed by atoms with van der Waals surface area (Å²) in [6, 6.07) is -0.705. The highest BCUT2D eigenvalue weighted by atomic mass is 16.2. The highest BCUT2D eigenvalue weighted by Crippen LogP contribution is 1.76. The van der Waals surface area contributed by atoms with Gasteiger partial charge in [0.2, 0.25) is 5.91 Å². The van der Waals surface area contributed by atoms with Crippen molar-refractivity contribution in [2.75, 3.05) is 0 Å². The van der Waals surface area contributed by atoms with E-state index in [1.807, 2.05) is 0 Å². The molecule has 0 heterocycles. The van der Waals surface area contributed by atoms with E-state index in [2.05, 4.69) is 5.32 Å². The largest absolute Gasteiger partial charge is 0.368 e. The van der Waals surface area contributed by atoms with Crippen LogP contribution in [0.25, 0.3) is 0 Å². The lowest BCUT2D eigenvalue weighted by Crippen LogP contribution is -2.41. The first kappa shape index (κ1) is 8.50. The third kappa shape index (κ3) is 2.72. The zero-order valence-corrected chi connectivity index (χ0v) is 5.55. The number of terminal acetylenes is 1. The van der Waals surface area contributed by atoms with Gasteiger partial charge in [-0.25, -0.2) is 0 Å². The van der Waals surface area contributed by atoms with Crippen LogP contribution in [0.4, 0.5) is 0 Å². The summed E-state index contributed by atoms with van der Waals surface area (Å²) >= 11 is 0. The lowest BCUT2D eigenvalue weighted by atomic mass is 10.3. The molecule has 0 aromatic heterocycles. The standard InChI is InChI=1S/C6H8N2O2/c1-3-5(9)8-4(2)6(7)10/h1,4H,2H3,(H2,7,10)(H,8,9)/t4-/m0/s1. The Hall–Kier alpha value is -1.50. The molecule has 0 bridgehead atoms. The van der Waals surface area contributed by atoms with Crippen molar-refractivity contribution in [3.63, 3.8) is 0 Å². The molecule has 0 aromatic carbocycles. The second kappa shape index (κ2) is 3.51. The molecule has 0 rings (SSSR count). The molecular formula is C6H8N2O2. The minimum atomic E-state index is -0.705. The van der Waals surface area contributed by atoms with Gasteiger partial charge < -0.3 is 11.1 Å². The molecule has 0 radical (unpaired) electrons. The van der Waals surface area contributed by atoms with Gasteiger partial charge in [-0.1, -0.05) is 0 Å². The van der Waals surface area contributed by atoms with Crippen LogP contribution >= 0.6 is 0 Å². The average Bonchev–Trinajstić information content (AvgIpc) is 1.87. The predicted molar refractivity (Wildman–Crippen MR) is 35.6 cm³/mol. The summed E-state index contributed by atoms with van der Waals surface area (Å²) in [4.78, 5) is 20.7. The first-order valence-corrected chi connectivity index (χ1v) is 2.64. The average molecular weight is 140 g/mol. The van der Waals surface area contributed by atoms with Crippen LogP contribution in [-0.2, 0) is 9.59 Å². The molecular weight excluding hydrogens is 132 g/mol. The van der Waals surface area contributed by atoms with Crippen LogP contribution in [0.2, 0.25) is 0 Å². The van der Waals surface area contributed by atoms with E-state index in [0.29, 0.717) is 0 Å². The molecule has 3 N–H and O–H groups in total. The van der Waals surface area contributed by atoms with Crippen LogP contribution in [0.1, 0.15) is 6.92 Å². The molecule has 0 aliphatic carbocycles. The number of rotatable bonds is 2. The highest BCUT2D eigenvalue weighted by Gasteiger charge is 2.08. The minimum Gasteiger partial charge on any atom is -0.368 e. The molecule has 0 saturated heterocycles. The molecule has 0 saturated carbocycles. The molecule has 0 aliphatic heterocycles. The van der Waals surface area contributed by atoms with E-state index < -0.39 is 17.9 Å². The number of amides is 2. The van der Waals surface area contributed by atoms with Crippen molar-refractivity contribution in [3.05, 3.63) is 0 Å². The van der Waals surface area contributed by atoms with Gasteiger partial charge in [-0.15, -0.1) is 6.42 Å². The van der Waals surface area contributed by atoms with Crippen LogP contribution in [0.3, 0.4) is 0 Å². The van der Waals surface area contributed by atoms with Gasteiger partial charge in [0.25, 0.3) is 5.91 Å². The fourth-order valence-electron chi connectivity index (χ4n) is 0.309. The topological polar surface area (TPSA) is 72.2 Å². The second-order valence-corrected chi connectivity index (χ2v) is 1.74. The Balaban J connectivity index is 3.82. The highest BCUT2D eigenvalue weighted by molar-refractivity contribution is 5.96. The molecule has 54 valence electrons. The van der Waals surface area contributed by atoms with Gasteiger partial charge in [0, 0.05) is 0 Å². The van der Waals surface area contributed by atoms with Gasteiger partial charge in [0.05, 0.1) is 0 Å². The zero-order chi connectivity index (χ0) is 8.15. The van der Waals surface area contributed by atoms with Gasteiger partial charge in [0.1, 0.15) is 6.04 Å². The summed E-state index contributed by atoms with van der Waals surface area (Å²) in [7, 11) is 0. The summed E-state index contributed by atoms with van der Waals surface area (Å²) in [5.74, 6) is 0.552. The van der Waals surface area contributed by atoms with Crippen molar-refractivity contribution >= 4 is 11.8 Å². The van der Waals surface area contributed by atoms with Crippen LogP contribution < -0.4 is 11.1 Å². The summed E-state index contributed by atoms with van der Waals surface area (Å²) in [5.41, 5.74) is 4.82. The van der Waals surface area contributed by atoms with E-state index in [1.54, 1.807) is 5.92 Å². The van der Waals surface area contributed by atoms with Gasteiger partial charge in [-0.05, 0) is 12.8 Å². The van der Waals surface area contributed by atoms with Gasteiger partial charge in [-0.2, -0.15) is 0 Å². The maximum Gasteiger partial charge on any atom is 0.296 e. The molecule has 0 aliphatic rings. The molecule has 1 atom stereocenters. The summed E-state index contributed by atoms with van der Waals surface area (Å²) in [6.07, 6.45) is 4.71. The lowest BCUT2D eigenvalue weighted by molar-refractivity contribution is -0.124. The third-order valence-electron chi connectivity index (χ3n) is 0.905. The Bertz CT molecular complexity index is 192. The van der Waals surface area contributed by atoms with E-state index in [1.165, 1.54) is 6.92 Å². The van der Waals surface area contributed by atoms with Crippen molar-refractivity contribution in [3.8, 4) is 12.3 Å². The quantitative estimate of drug-likeness (QED) is 0.463. The number of hydrogen-bond donors (Lipinski definition) is 2. The maximum atomic E-state index is 10.4. The van der Waals surface area contributed by atoms with Crippen molar-refractivity contribution < 1.29 is 9.59 Å². The zero-order valence-electron chi connectivity index (χ0n) is 5.55. The van der Waals surface area contributed by atoms with Crippen LogP contribution in [-0.4, -0.2) is 17.9 Å². The Morgan fingerprint density at radius 2 is 2.20 bits per heavy atom. The fourth-order valence-corrected chi connectivity index (χ4v) is 0.309. The number of hydrogen-bond acceptors (Lipinski definition) is 2. The Kier molecular flexibility index (Phi) is 2.98. The van der Waals surface area contributed by atoms with Gasteiger partial charge >= 0.3 is 0 Å². The number of nitrogens with two attached hydrogens (primary N) is 1. The van der Waals surface area contributed by atoms with E-state index in [-0.39, 0.29) is 0 Å². The molecule has 0 fully saturated rings. The third-order valence-corrected chi connectivity index (χ3v) is 0.905. The summed E-state index contributed by atoms with van der Waals surface area (Å²) in [6.45, 7) is 1.46. The van der Waals surface area contributed by atoms with Crippen LogP contribution in [0, 0.1) is 12.3 Å². The molecule has 4 nitrogen and oxygen atoms in total. The predicted octanol–water partition coefficient (Wildman–Crippen LogP) is -1.39. The van der Waals surface area contributed by atoms with Gasteiger partial charge in [-0.3, -0.25) is 9.59 Å². The van der Waals surface area contributed by atoms with E-state index in [4.69, 9.17) is 12.2 Å². The first-order chi connectivity index (χ1) is 4.57. The number of primary amides is 1. The van der Waals surface area contributed by atoms with Crippen molar-refractivity contribution in [1.82, 2.24) is 5.32 Å². The SMILES string of the molecule is C#CC(=O)N[C@@H](C)C(N)=O. The molecule has 4 heteroatoms. The molecule has 0 spiro atoms. The number of carbonyl (C=O) groups is 2. The Morgan fingerprint density at radius 3 is 2.50 bits per heavy atom. The second-order valence-electron chi connectivity index (χ2n) is 1.74. The lowest BCUT2D eigenvalue weighted by Gasteiger charge is -2.05. The minimum absolute atomic E-state index is 0.608. The summed E-state index contributed by atoms with van der Waals surface area (Å²) < 4.78 is 0. The monoisotopic (exact) mass is 140 g/mol. The van der Waals surface area contributed by atoms with Crippen molar-refractivity contribution in [1.29, 1.82) is 0 Å². The Labute approximate surface area is 58.8 Å². The van der Waals surface area contributed by atoms with Crippen LogP contribution in [0.15, 0.2) is 0 Å². The molecule has 0 unspecified atom stereocenters. The molecule has 10 heavy (non-hydrogen) atoms.